The van der Waals surface area contributed by atoms with Crippen LogP contribution in [-0.2, 0) is 4.74 Å². The van der Waals surface area contributed by atoms with Crippen molar-refractivity contribution in [3.63, 3.8) is 0 Å². The predicted molar refractivity (Wildman–Crippen MR) is 116 cm³/mol. The Morgan fingerprint density at radius 3 is 2.87 bits per heavy atom. The number of rotatable bonds is 5. The Labute approximate surface area is 179 Å². The lowest BCUT2D eigenvalue weighted by Gasteiger charge is -2.18. The highest BCUT2D eigenvalue weighted by Crippen LogP contribution is 2.33. The molecule has 5 rings (SSSR count). The zero-order valence-corrected chi connectivity index (χ0v) is 17.7. The molecular weight excluding hydrogens is 400 g/mol. The number of methoxy groups -OCH3 is 1. The number of hydrogen-bond donors (Lipinski definition) is 0. The van der Waals surface area contributed by atoms with Gasteiger partial charge in [0.05, 0.1) is 31.6 Å². The molecule has 0 amide bonds. The molecule has 7 nitrogen and oxygen atoms in total. The normalized spacial score (nSPS) is 18.1. The highest BCUT2D eigenvalue weighted by molar-refractivity contribution is 7.99. The van der Waals surface area contributed by atoms with E-state index in [0.717, 1.165) is 57.8 Å². The van der Waals surface area contributed by atoms with Gasteiger partial charge >= 0.3 is 0 Å². The van der Waals surface area contributed by atoms with Crippen molar-refractivity contribution in [1.29, 1.82) is 0 Å². The minimum atomic E-state index is 0.114. The van der Waals surface area contributed by atoms with Gasteiger partial charge in [0.25, 0.3) is 0 Å². The van der Waals surface area contributed by atoms with Crippen molar-refractivity contribution in [2.45, 2.75) is 24.6 Å². The summed E-state index contributed by atoms with van der Waals surface area (Å²) in [4.78, 5) is 0. The first-order valence-electron chi connectivity index (χ1n) is 9.88. The number of aryl methyl sites for hydroxylation is 1. The van der Waals surface area contributed by atoms with E-state index in [1.54, 1.807) is 23.5 Å². The van der Waals surface area contributed by atoms with Gasteiger partial charge in [0.1, 0.15) is 17.6 Å². The van der Waals surface area contributed by atoms with Gasteiger partial charge < -0.3 is 14.2 Å². The van der Waals surface area contributed by atoms with Crippen LogP contribution in [0.5, 0.6) is 11.5 Å². The maximum Gasteiger partial charge on any atom is 0.212 e. The molecule has 30 heavy (non-hydrogen) atoms. The van der Waals surface area contributed by atoms with Crippen LogP contribution in [0.3, 0.4) is 0 Å². The Balaban J connectivity index is 1.50. The van der Waals surface area contributed by atoms with E-state index in [1.165, 1.54) is 0 Å². The van der Waals surface area contributed by atoms with Gasteiger partial charge in [-0.25, -0.2) is 0 Å². The highest BCUT2D eigenvalue weighted by atomic mass is 32.2. The largest absolute Gasteiger partial charge is 0.496 e. The van der Waals surface area contributed by atoms with Crippen LogP contribution in [0.4, 0.5) is 0 Å². The lowest BCUT2D eigenvalue weighted by atomic mass is 10.1. The summed E-state index contributed by atoms with van der Waals surface area (Å²) in [5, 5.41) is 14.3. The molecule has 2 aromatic carbocycles. The summed E-state index contributed by atoms with van der Waals surface area (Å²) >= 11 is 1.62. The van der Waals surface area contributed by atoms with Crippen molar-refractivity contribution in [1.82, 2.24) is 14.9 Å². The van der Waals surface area contributed by atoms with Crippen LogP contribution in [0, 0.1) is 6.92 Å². The number of thioether (sulfide) groups is 1. The molecule has 0 spiro atoms. The Bertz CT molecular complexity index is 1110. The van der Waals surface area contributed by atoms with Gasteiger partial charge in [-0.3, -0.25) is 0 Å². The fourth-order valence-electron chi connectivity index (χ4n) is 3.56. The molecule has 1 fully saturated rings. The number of aromatic nitrogens is 3. The minimum absolute atomic E-state index is 0.114. The molecule has 154 valence electrons. The Kier molecular flexibility index (Phi) is 5.18. The van der Waals surface area contributed by atoms with E-state index in [0.29, 0.717) is 12.4 Å². The number of hydrogen-bond acceptors (Lipinski definition) is 7. The summed E-state index contributed by atoms with van der Waals surface area (Å²) in [6, 6.07) is 14.0. The second kappa shape index (κ2) is 8.12. The van der Waals surface area contributed by atoms with Crippen LogP contribution in [-0.4, -0.2) is 52.8 Å². The topological polar surface area (TPSA) is 70.8 Å². The summed E-state index contributed by atoms with van der Waals surface area (Å²) < 4.78 is 18.9. The minimum Gasteiger partial charge on any atom is -0.496 e. The first-order valence-corrected chi connectivity index (χ1v) is 10.9. The quantitative estimate of drug-likeness (QED) is 0.623. The van der Waals surface area contributed by atoms with Crippen LogP contribution >= 0.6 is 11.8 Å². The van der Waals surface area contributed by atoms with Crippen LogP contribution in [0.2, 0.25) is 0 Å². The van der Waals surface area contributed by atoms with Crippen molar-refractivity contribution in [2.75, 3.05) is 26.1 Å². The van der Waals surface area contributed by atoms with Gasteiger partial charge in [0, 0.05) is 17.7 Å². The molecule has 0 aliphatic carbocycles. The maximum absolute atomic E-state index is 6.18. The third kappa shape index (κ3) is 3.57. The Hall–Kier alpha value is -2.84. The standard InChI is InChI=1S/C22H22N4O3S/c1-14-7-8-15(11-20(14)29-16-9-10-28-12-16)18-13-30-22-24-23-21(26(22)25-18)17-5-3-4-6-19(17)27-2/h3-8,11,16H,9-10,12-13H2,1-2H3. The zero-order valence-electron chi connectivity index (χ0n) is 16.9. The van der Waals surface area contributed by atoms with Crippen molar-refractivity contribution >= 4 is 17.5 Å². The fraction of sp³-hybridized carbons (Fsp3) is 0.318. The van der Waals surface area contributed by atoms with Gasteiger partial charge in [-0.05, 0) is 30.7 Å². The second-order valence-corrected chi connectivity index (χ2v) is 8.18. The lowest BCUT2D eigenvalue weighted by molar-refractivity contribution is 0.141. The van der Waals surface area contributed by atoms with Gasteiger partial charge in [-0.2, -0.15) is 9.78 Å². The molecule has 0 bridgehead atoms. The van der Waals surface area contributed by atoms with Crippen molar-refractivity contribution in [3.8, 4) is 22.9 Å². The summed E-state index contributed by atoms with van der Waals surface area (Å²) in [6.45, 7) is 3.46. The smallest absolute Gasteiger partial charge is 0.212 e. The molecule has 1 unspecified atom stereocenters. The number of nitrogens with zero attached hydrogens (tertiary/aromatic N) is 4. The number of ether oxygens (including phenoxy) is 3. The van der Waals surface area contributed by atoms with Crippen molar-refractivity contribution < 1.29 is 14.2 Å². The second-order valence-electron chi connectivity index (χ2n) is 7.24. The first kappa shape index (κ1) is 19.1. The predicted octanol–water partition coefficient (Wildman–Crippen LogP) is 3.79. The average molecular weight is 423 g/mol. The molecular formula is C22H22N4O3S. The Morgan fingerprint density at radius 1 is 1.13 bits per heavy atom. The molecule has 0 N–H and O–H groups in total. The maximum atomic E-state index is 6.18. The highest BCUT2D eigenvalue weighted by Gasteiger charge is 2.23. The summed E-state index contributed by atoms with van der Waals surface area (Å²) in [5.74, 6) is 3.01. The third-order valence-corrected chi connectivity index (χ3v) is 6.15. The van der Waals surface area contributed by atoms with E-state index in [2.05, 4.69) is 35.3 Å². The van der Waals surface area contributed by atoms with Gasteiger partial charge in [0.2, 0.25) is 5.16 Å². The lowest BCUT2D eigenvalue weighted by Crippen LogP contribution is -2.17. The molecule has 1 saturated heterocycles. The molecule has 3 aromatic rings. The summed E-state index contributed by atoms with van der Waals surface area (Å²) in [5.41, 5.74) is 3.95. The van der Waals surface area contributed by atoms with Crippen LogP contribution in [0.25, 0.3) is 11.4 Å². The summed E-state index contributed by atoms with van der Waals surface area (Å²) in [7, 11) is 1.65. The van der Waals surface area contributed by atoms with E-state index < -0.39 is 0 Å². The van der Waals surface area contributed by atoms with E-state index in [9.17, 15) is 0 Å². The molecule has 3 heterocycles. The molecule has 2 aliphatic heterocycles. The number of para-hydroxylation sites is 1. The van der Waals surface area contributed by atoms with Gasteiger partial charge in [0.15, 0.2) is 5.82 Å². The molecule has 1 atom stereocenters. The molecule has 0 saturated carbocycles. The number of fused-ring (bicyclic) bond motifs is 1. The first-order chi connectivity index (χ1) is 14.7. The molecule has 8 heteroatoms. The monoisotopic (exact) mass is 422 g/mol. The van der Waals surface area contributed by atoms with E-state index >= 15 is 0 Å². The van der Waals surface area contributed by atoms with Crippen LogP contribution in [0.1, 0.15) is 17.5 Å². The van der Waals surface area contributed by atoms with E-state index in [1.807, 2.05) is 24.3 Å². The van der Waals surface area contributed by atoms with E-state index in [4.69, 9.17) is 19.3 Å². The van der Waals surface area contributed by atoms with E-state index in [-0.39, 0.29) is 6.10 Å². The Morgan fingerprint density at radius 2 is 2.03 bits per heavy atom. The van der Waals surface area contributed by atoms with Crippen molar-refractivity contribution in [2.24, 2.45) is 5.10 Å². The van der Waals surface area contributed by atoms with Gasteiger partial charge in [-0.1, -0.05) is 36.0 Å². The molecule has 0 radical (unpaired) electrons. The number of benzene rings is 2. The van der Waals surface area contributed by atoms with Gasteiger partial charge in [-0.15, -0.1) is 10.2 Å². The average Bonchev–Trinajstić information content (AvgIpc) is 3.44. The summed E-state index contributed by atoms with van der Waals surface area (Å²) in [6.07, 6.45) is 1.04. The SMILES string of the molecule is COc1ccccc1-c1nnc2n1N=C(c1ccc(C)c(OC3CCOC3)c1)CS2. The van der Waals surface area contributed by atoms with Crippen molar-refractivity contribution in [3.05, 3.63) is 53.6 Å². The third-order valence-electron chi connectivity index (χ3n) is 5.22. The fourth-order valence-corrected chi connectivity index (χ4v) is 4.40. The van der Waals surface area contributed by atoms with Crippen LogP contribution in [0.15, 0.2) is 52.7 Å². The molecule has 2 aliphatic rings. The molecule has 1 aromatic heterocycles. The van der Waals surface area contributed by atoms with Crippen LogP contribution < -0.4 is 9.47 Å². The zero-order chi connectivity index (χ0) is 20.5.